The second kappa shape index (κ2) is 7.71. The zero-order valence-electron chi connectivity index (χ0n) is 16.6. The number of anilines is 1. The minimum Gasteiger partial charge on any atom is -0.459 e. The zero-order valence-corrected chi connectivity index (χ0v) is 16.6. The third kappa shape index (κ3) is 3.45. The number of carbonyl (C=O) groups is 1. The van der Waals surface area contributed by atoms with Crippen LogP contribution in [0.1, 0.15) is 27.2 Å². The summed E-state index contributed by atoms with van der Waals surface area (Å²) in [5.74, 6) is 1.05. The Kier molecular flexibility index (Phi) is 5.05. The van der Waals surface area contributed by atoms with E-state index in [0.717, 1.165) is 0 Å². The van der Waals surface area contributed by atoms with Crippen LogP contribution >= 0.6 is 0 Å². The van der Waals surface area contributed by atoms with E-state index in [9.17, 15) is 9.18 Å². The molecule has 1 unspecified atom stereocenters. The van der Waals surface area contributed by atoms with E-state index in [4.69, 9.17) is 26.9 Å². The summed E-state index contributed by atoms with van der Waals surface area (Å²) in [4.78, 5) is 21.0. The van der Waals surface area contributed by atoms with E-state index in [1.807, 2.05) is 6.07 Å². The van der Waals surface area contributed by atoms with Crippen LogP contribution in [-0.4, -0.2) is 36.2 Å². The van der Waals surface area contributed by atoms with E-state index in [2.05, 4.69) is 21.2 Å². The molecule has 0 saturated carbocycles. The number of pyridine rings is 1. The van der Waals surface area contributed by atoms with Crippen molar-refractivity contribution in [3.63, 3.8) is 0 Å². The van der Waals surface area contributed by atoms with Gasteiger partial charge in [0.2, 0.25) is 0 Å². The second-order valence-electron chi connectivity index (χ2n) is 7.31. The van der Waals surface area contributed by atoms with Gasteiger partial charge in [0.15, 0.2) is 5.54 Å². The first-order chi connectivity index (χ1) is 14.9. The Balaban J connectivity index is 1.71. The number of nitriles is 1. The van der Waals surface area contributed by atoms with Gasteiger partial charge in [0.25, 0.3) is 11.9 Å². The summed E-state index contributed by atoms with van der Waals surface area (Å²) < 4.78 is 25.9. The molecule has 3 atom stereocenters. The number of rotatable bonds is 3. The molecule has 1 fully saturated rings. The van der Waals surface area contributed by atoms with Gasteiger partial charge in [0, 0.05) is 17.4 Å². The minimum atomic E-state index is -1.43. The molecule has 0 radical (unpaired) electrons. The number of aryl methyl sites for hydroxylation is 1. The molecule has 1 aromatic heterocycles. The molecule has 2 aliphatic rings. The number of nitrogens with zero attached hydrogens (tertiary/aromatic N) is 3. The number of terminal acetylenes is 1. The number of halogens is 1. The van der Waals surface area contributed by atoms with Crippen LogP contribution in [-0.2, 0) is 15.0 Å². The van der Waals surface area contributed by atoms with E-state index in [1.165, 1.54) is 24.4 Å². The molecule has 31 heavy (non-hydrogen) atoms. The first kappa shape index (κ1) is 20.3. The van der Waals surface area contributed by atoms with Gasteiger partial charge in [0.1, 0.15) is 23.7 Å². The standard InChI is InChI=1S/C22H18FN5O3/c1-3-22(16-10-30-11-18(16)31-21(25)28-22)15-7-14(4-5-17(15)23)27-20(29)19-12(2)6-13(8-24)9-26-19/h1,4-7,9,16,18H,10-11H2,2H3,(H2,25,28)(H,27,29)/t16-,18+,22?/m0/s1. The van der Waals surface area contributed by atoms with Crippen LogP contribution in [0.25, 0.3) is 0 Å². The van der Waals surface area contributed by atoms with E-state index < -0.39 is 29.3 Å². The number of amidine groups is 1. The van der Waals surface area contributed by atoms with Gasteiger partial charge in [-0.3, -0.25) is 4.79 Å². The number of hydrogen-bond acceptors (Lipinski definition) is 7. The normalized spacial score (nSPS) is 24.2. The minimum absolute atomic E-state index is 0.0871. The van der Waals surface area contributed by atoms with Crippen LogP contribution in [0.2, 0.25) is 0 Å². The molecule has 3 heterocycles. The summed E-state index contributed by atoms with van der Waals surface area (Å²) in [6.07, 6.45) is 6.70. The Bertz CT molecular complexity index is 1180. The highest BCUT2D eigenvalue weighted by atomic mass is 19.1. The van der Waals surface area contributed by atoms with Gasteiger partial charge in [-0.05, 0) is 36.8 Å². The van der Waals surface area contributed by atoms with Gasteiger partial charge < -0.3 is 20.5 Å². The van der Waals surface area contributed by atoms with Gasteiger partial charge in [0.05, 0.1) is 24.7 Å². The molecule has 0 aliphatic carbocycles. The van der Waals surface area contributed by atoms with Crippen molar-refractivity contribution in [3.05, 3.63) is 58.7 Å². The summed E-state index contributed by atoms with van der Waals surface area (Å²) in [6, 6.07) is 7.44. The van der Waals surface area contributed by atoms with Crippen molar-refractivity contribution in [1.82, 2.24) is 4.98 Å². The van der Waals surface area contributed by atoms with Crippen molar-refractivity contribution in [2.24, 2.45) is 16.6 Å². The summed E-state index contributed by atoms with van der Waals surface area (Å²) >= 11 is 0. The predicted octanol–water partition coefficient (Wildman–Crippen LogP) is 1.84. The van der Waals surface area contributed by atoms with Crippen LogP contribution in [0.4, 0.5) is 10.1 Å². The van der Waals surface area contributed by atoms with Gasteiger partial charge in [-0.1, -0.05) is 5.92 Å². The SMILES string of the molecule is C#CC1(c2cc(NC(=O)c3ncc(C#N)cc3C)ccc2F)N=C(N)O[C@@H]2COC[C@@H]21. The highest BCUT2D eigenvalue weighted by Gasteiger charge is 2.52. The summed E-state index contributed by atoms with van der Waals surface area (Å²) in [7, 11) is 0. The van der Waals surface area contributed by atoms with Crippen LogP contribution in [0.3, 0.4) is 0 Å². The first-order valence-corrected chi connectivity index (χ1v) is 9.43. The molecule has 1 aromatic carbocycles. The molecular weight excluding hydrogens is 401 g/mol. The Hall–Kier alpha value is -3.95. The lowest BCUT2D eigenvalue weighted by atomic mass is 9.76. The number of fused-ring (bicyclic) bond motifs is 1. The lowest BCUT2D eigenvalue weighted by Gasteiger charge is -2.37. The van der Waals surface area contributed by atoms with Crippen molar-refractivity contribution >= 4 is 17.6 Å². The number of benzene rings is 1. The van der Waals surface area contributed by atoms with Gasteiger partial charge in [-0.25, -0.2) is 14.4 Å². The van der Waals surface area contributed by atoms with E-state index in [0.29, 0.717) is 16.8 Å². The fourth-order valence-corrected chi connectivity index (χ4v) is 3.91. The Morgan fingerprint density at radius 2 is 2.23 bits per heavy atom. The molecule has 8 nitrogen and oxygen atoms in total. The molecule has 2 aliphatic heterocycles. The zero-order chi connectivity index (χ0) is 22.2. The number of nitrogens with two attached hydrogens (primary N) is 1. The van der Waals surface area contributed by atoms with E-state index >= 15 is 0 Å². The van der Waals surface area contributed by atoms with Crippen LogP contribution in [0.15, 0.2) is 35.5 Å². The van der Waals surface area contributed by atoms with Crippen LogP contribution < -0.4 is 11.1 Å². The molecule has 3 N–H and O–H groups in total. The summed E-state index contributed by atoms with van der Waals surface area (Å²) in [5.41, 5.74) is 5.80. The number of aliphatic imine (C=N–C) groups is 1. The molecular formula is C22H18FN5O3. The van der Waals surface area contributed by atoms with Crippen molar-refractivity contribution in [1.29, 1.82) is 5.26 Å². The van der Waals surface area contributed by atoms with Crippen molar-refractivity contribution in [3.8, 4) is 18.4 Å². The molecule has 1 amide bonds. The number of ether oxygens (including phenoxy) is 2. The van der Waals surface area contributed by atoms with Crippen molar-refractivity contribution in [2.45, 2.75) is 18.6 Å². The van der Waals surface area contributed by atoms with E-state index in [-0.39, 0.29) is 30.5 Å². The number of hydrogen-bond donors (Lipinski definition) is 2. The van der Waals surface area contributed by atoms with E-state index in [1.54, 1.807) is 13.0 Å². The second-order valence-corrected chi connectivity index (χ2v) is 7.31. The number of aromatic nitrogens is 1. The quantitative estimate of drug-likeness (QED) is 0.732. The third-order valence-corrected chi connectivity index (χ3v) is 5.40. The number of nitrogens with one attached hydrogen (secondary N) is 1. The number of carbonyl (C=O) groups excluding carboxylic acids is 1. The first-order valence-electron chi connectivity index (χ1n) is 9.43. The van der Waals surface area contributed by atoms with Gasteiger partial charge in [-0.15, -0.1) is 6.42 Å². The monoisotopic (exact) mass is 419 g/mol. The topological polar surface area (TPSA) is 123 Å². The molecule has 156 valence electrons. The Labute approximate surface area is 177 Å². The Morgan fingerprint density at radius 1 is 1.42 bits per heavy atom. The van der Waals surface area contributed by atoms with Gasteiger partial charge in [-0.2, -0.15) is 5.26 Å². The molecule has 0 bridgehead atoms. The smallest absolute Gasteiger partial charge is 0.284 e. The summed E-state index contributed by atoms with van der Waals surface area (Å²) in [6.45, 7) is 2.17. The lowest BCUT2D eigenvalue weighted by molar-refractivity contribution is 0.0940. The highest BCUT2D eigenvalue weighted by Crippen LogP contribution is 2.43. The largest absolute Gasteiger partial charge is 0.459 e. The van der Waals surface area contributed by atoms with Crippen molar-refractivity contribution in [2.75, 3.05) is 18.5 Å². The molecule has 9 heteroatoms. The van der Waals surface area contributed by atoms with Gasteiger partial charge >= 0.3 is 0 Å². The fraction of sp³-hybridized carbons (Fsp3) is 0.273. The highest BCUT2D eigenvalue weighted by molar-refractivity contribution is 6.03. The third-order valence-electron chi connectivity index (χ3n) is 5.40. The molecule has 4 rings (SSSR count). The maximum atomic E-state index is 14.9. The fourth-order valence-electron chi connectivity index (χ4n) is 3.91. The molecule has 0 spiro atoms. The lowest BCUT2D eigenvalue weighted by Crippen LogP contribution is -2.48. The average Bonchev–Trinajstić information content (AvgIpc) is 3.23. The molecule has 2 aromatic rings. The molecule has 1 saturated heterocycles. The van der Waals surface area contributed by atoms with Crippen LogP contribution in [0.5, 0.6) is 0 Å². The van der Waals surface area contributed by atoms with Crippen molar-refractivity contribution < 1.29 is 18.7 Å². The summed E-state index contributed by atoms with van der Waals surface area (Å²) in [5, 5.41) is 11.7. The maximum Gasteiger partial charge on any atom is 0.284 e. The predicted molar refractivity (Wildman–Crippen MR) is 109 cm³/mol. The van der Waals surface area contributed by atoms with Crippen LogP contribution in [0, 0.1) is 42.3 Å². The Morgan fingerprint density at radius 3 is 2.94 bits per heavy atom. The number of amides is 1. The maximum absolute atomic E-state index is 14.9. The average molecular weight is 419 g/mol.